The van der Waals surface area contributed by atoms with Crippen LogP contribution in [0.2, 0.25) is 0 Å². The lowest BCUT2D eigenvalue weighted by Gasteiger charge is -2.14. The maximum absolute atomic E-state index is 13.1. The third-order valence-electron chi connectivity index (χ3n) is 2.72. The summed E-state index contributed by atoms with van der Waals surface area (Å²) >= 11 is 0. The Hall–Kier alpha value is -1.79. The van der Waals surface area contributed by atoms with Crippen molar-refractivity contribution in [3.05, 3.63) is 47.5 Å². The van der Waals surface area contributed by atoms with Crippen molar-refractivity contribution in [2.45, 2.75) is 19.6 Å². The third kappa shape index (κ3) is 4.11. The highest BCUT2D eigenvalue weighted by molar-refractivity contribution is 5.16. The number of nitrogens with two attached hydrogens (primary N) is 1. The Bertz CT molecular complexity index is 525. The fraction of sp³-hybridized carbons (Fsp3) is 0.385. The zero-order valence-electron chi connectivity index (χ0n) is 11.0. The lowest BCUT2D eigenvalue weighted by atomic mass is 10.2. The van der Waals surface area contributed by atoms with Gasteiger partial charge in [0.1, 0.15) is 5.82 Å². The zero-order valence-corrected chi connectivity index (χ0v) is 11.0. The molecule has 1 aromatic heterocycles. The first-order valence-corrected chi connectivity index (χ1v) is 6.19. The number of nitrogens with zero attached hydrogens (tertiary/aromatic N) is 4. The molecule has 2 rings (SSSR count). The first-order chi connectivity index (χ1) is 9.17. The van der Waals surface area contributed by atoms with E-state index in [1.165, 1.54) is 6.07 Å². The van der Waals surface area contributed by atoms with Crippen molar-refractivity contribution in [3.63, 3.8) is 0 Å². The largest absolute Gasteiger partial charge is 0.329 e. The first-order valence-electron chi connectivity index (χ1n) is 6.19. The van der Waals surface area contributed by atoms with Crippen LogP contribution in [0.1, 0.15) is 11.3 Å². The summed E-state index contributed by atoms with van der Waals surface area (Å²) in [6.07, 6.45) is 1.88. The number of hydrogen-bond donors (Lipinski definition) is 1. The molecule has 2 N–H and O–H groups in total. The van der Waals surface area contributed by atoms with Gasteiger partial charge in [0.05, 0.1) is 12.2 Å². The van der Waals surface area contributed by atoms with Gasteiger partial charge in [0.2, 0.25) is 0 Å². The summed E-state index contributed by atoms with van der Waals surface area (Å²) in [5.41, 5.74) is 7.28. The Kier molecular flexibility index (Phi) is 4.59. The summed E-state index contributed by atoms with van der Waals surface area (Å²) in [5.74, 6) is -0.209. The summed E-state index contributed by atoms with van der Waals surface area (Å²) in [6, 6.07) is 6.62. The normalized spacial score (nSPS) is 11.2. The topological polar surface area (TPSA) is 60.0 Å². The Morgan fingerprint density at radius 3 is 2.95 bits per heavy atom. The van der Waals surface area contributed by atoms with Crippen LogP contribution in [0.4, 0.5) is 4.39 Å². The molecule has 1 aromatic carbocycles. The highest BCUT2D eigenvalue weighted by Crippen LogP contribution is 2.08. The molecule has 0 aliphatic carbocycles. The zero-order chi connectivity index (χ0) is 13.7. The van der Waals surface area contributed by atoms with Crippen molar-refractivity contribution >= 4 is 0 Å². The third-order valence-corrected chi connectivity index (χ3v) is 2.72. The molecule has 0 atom stereocenters. The molecule has 0 fully saturated rings. The fourth-order valence-electron chi connectivity index (χ4n) is 1.93. The van der Waals surface area contributed by atoms with Crippen LogP contribution in [0.25, 0.3) is 0 Å². The minimum atomic E-state index is -0.209. The SMILES string of the molecule is CN(Cc1cccc(F)c1)Cc1cn(CCN)nn1. The molecule has 0 saturated heterocycles. The van der Waals surface area contributed by atoms with Gasteiger partial charge < -0.3 is 5.73 Å². The molecule has 102 valence electrons. The second-order valence-electron chi connectivity index (χ2n) is 4.56. The van der Waals surface area contributed by atoms with Gasteiger partial charge in [-0.3, -0.25) is 9.58 Å². The van der Waals surface area contributed by atoms with Crippen molar-refractivity contribution in [2.24, 2.45) is 5.73 Å². The van der Waals surface area contributed by atoms with E-state index in [-0.39, 0.29) is 5.82 Å². The van der Waals surface area contributed by atoms with Crippen molar-refractivity contribution < 1.29 is 4.39 Å². The van der Waals surface area contributed by atoms with E-state index in [4.69, 9.17) is 5.73 Å². The van der Waals surface area contributed by atoms with Gasteiger partial charge in [-0.2, -0.15) is 0 Å². The molecule has 0 aliphatic heterocycles. The van der Waals surface area contributed by atoms with Gasteiger partial charge in [-0.05, 0) is 24.7 Å². The summed E-state index contributed by atoms with van der Waals surface area (Å²) in [7, 11) is 1.97. The van der Waals surface area contributed by atoms with Crippen molar-refractivity contribution in [1.82, 2.24) is 19.9 Å². The lowest BCUT2D eigenvalue weighted by molar-refractivity contribution is 0.314. The van der Waals surface area contributed by atoms with Crippen LogP contribution in [0.15, 0.2) is 30.5 Å². The minimum absolute atomic E-state index is 0.209. The summed E-state index contributed by atoms with van der Waals surface area (Å²) in [6.45, 7) is 2.55. The van der Waals surface area contributed by atoms with E-state index in [1.807, 2.05) is 19.3 Å². The van der Waals surface area contributed by atoms with Crippen LogP contribution in [0.3, 0.4) is 0 Å². The molecule has 5 nitrogen and oxygen atoms in total. The molecular formula is C13H18FN5. The van der Waals surface area contributed by atoms with E-state index in [0.717, 1.165) is 11.3 Å². The van der Waals surface area contributed by atoms with Gasteiger partial charge in [-0.1, -0.05) is 17.3 Å². The van der Waals surface area contributed by atoms with Crippen molar-refractivity contribution in [1.29, 1.82) is 0 Å². The highest BCUT2D eigenvalue weighted by atomic mass is 19.1. The summed E-state index contributed by atoms with van der Waals surface area (Å²) < 4.78 is 14.8. The molecule has 0 radical (unpaired) electrons. The van der Waals surface area contributed by atoms with Gasteiger partial charge in [0.25, 0.3) is 0 Å². The van der Waals surface area contributed by atoms with Gasteiger partial charge in [0.15, 0.2) is 0 Å². The monoisotopic (exact) mass is 263 g/mol. The van der Waals surface area contributed by atoms with Crippen LogP contribution >= 0.6 is 0 Å². The number of aromatic nitrogens is 3. The average Bonchev–Trinajstić information content (AvgIpc) is 2.77. The van der Waals surface area contributed by atoms with E-state index in [2.05, 4.69) is 15.2 Å². The van der Waals surface area contributed by atoms with E-state index >= 15 is 0 Å². The Morgan fingerprint density at radius 2 is 2.21 bits per heavy atom. The van der Waals surface area contributed by atoms with Crippen LogP contribution < -0.4 is 5.73 Å². The number of halogens is 1. The second kappa shape index (κ2) is 6.40. The van der Waals surface area contributed by atoms with E-state index in [1.54, 1.807) is 16.8 Å². The maximum Gasteiger partial charge on any atom is 0.123 e. The molecule has 0 saturated carbocycles. The Labute approximate surface area is 111 Å². The van der Waals surface area contributed by atoms with Gasteiger partial charge in [-0.15, -0.1) is 5.10 Å². The molecule has 0 spiro atoms. The van der Waals surface area contributed by atoms with E-state index in [9.17, 15) is 4.39 Å². The number of hydrogen-bond acceptors (Lipinski definition) is 4. The van der Waals surface area contributed by atoms with Crippen LogP contribution in [0.5, 0.6) is 0 Å². The minimum Gasteiger partial charge on any atom is -0.329 e. The molecule has 0 bridgehead atoms. The van der Waals surface area contributed by atoms with E-state index in [0.29, 0.717) is 26.2 Å². The molecule has 0 unspecified atom stereocenters. The standard InChI is InChI=1S/C13H18FN5/c1-18(8-11-3-2-4-12(14)7-11)9-13-10-19(6-5-15)17-16-13/h2-4,7,10H,5-6,8-9,15H2,1H3. The van der Waals surface area contributed by atoms with Gasteiger partial charge in [0, 0.05) is 25.8 Å². The fourth-order valence-corrected chi connectivity index (χ4v) is 1.93. The molecule has 19 heavy (non-hydrogen) atoms. The average molecular weight is 263 g/mol. The Morgan fingerprint density at radius 1 is 1.37 bits per heavy atom. The van der Waals surface area contributed by atoms with Crippen LogP contribution in [-0.2, 0) is 19.6 Å². The molecule has 2 aromatic rings. The molecule has 1 heterocycles. The molecule has 0 amide bonds. The lowest BCUT2D eigenvalue weighted by Crippen LogP contribution is -2.17. The predicted molar refractivity (Wildman–Crippen MR) is 70.6 cm³/mol. The molecule has 6 heteroatoms. The quantitative estimate of drug-likeness (QED) is 0.845. The van der Waals surface area contributed by atoms with Crippen LogP contribution in [-0.4, -0.2) is 33.5 Å². The second-order valence-corrected chi connectivity index (χ2v) is 4.56. The number of rotatable bonds is 6. The van der Waals surface area contributed by atoms with Crippen molar-refractivity contribution in [2.75, 3.05) is 13.6 Å². The van der Waals surface area contributed by atoms with Crippen LogP contribution in [0, 0.1) is 5.82 Å². The van der Waals surface area contributed by atoms with E-state index < -0.39 is 0 Å². The van der Waals surface area contributed by atoms with Gasteiger partial charge >= 0.3 is 0 Å². The smallest absolute Gasteiger partial charge is 0.123 e. The van der Waals surface area contributed by atoms with Gasteiger partial charge in [-0.25, -0.2) is 4.39 Å². The highest BCUT2D eigenvalue weighted by Gasteiger charge is 2.06. The van der Waals surface area contributed by atoms with Crippen molar-refractivity contribution in [3.8, 4) is 0 Å². The first kappa shape index (κ1) is 13.6. The maximum atomic E-state index is 13.1. The summed E-state index contributed by atoms with van der Waals surface area (Å²) in [4.78, 5) is 2.06. The number of benzene rings is 1. The predicted octanol–water partition coefficient (Wildman–Crippen LogP) is 1.01. The molecular weight excluding hydrogens is 245 g/mol. The summed E-state index contributed by atoms with van der Waals surface area (Å²) in [5, 5.41) is 8.06. The Balaban J connectivity index is 1.91. The molecule has 0 aliphatic rings.